The minimum atomic E-state index is -1.32. The number of hydrogen-bond donors (Lipinski definition) is 5. The van der Waals surface area contributed by atoms with Gasteiger partial charge in [0.2, 0.25) is 0 Å². The summed E-state index contributed by atoms with van der Waals surface area (Å²) in [6, 6.07) is 34.2. The van der Waals surface area contributed by atoms with Crippen molar-refractivity contribution in [1.29, 1.82) is 0 Å². The van der Waals surface area contributed by atoms with Gasteiger partial charge in [0.05, 0.1) is 82.7 Å². The van der Waals surface area contributed by atoms with Crippen LogP contribution in [0.3, 0.4) is 0 Å². The van der Waals surface area contributed by atoms with Gasteiger partial charge in [-0.3, -0.25) is 24.0 Å². The molecule has 0 bridgehead atoms. The molecule has 2 amide bonds. The highest BCUT2D eigenvalue weighted by molar-refractivity contribution is 5.96. The first kappa shape index (κ1) is 59.6. The molecule has 0 saturated carbocycles. The van der Waals surface area contributed by atoms with Crippen molar-refractivity contribution in [3.8, 4) is 0 Å². The van der Waals surface area contributed by atoms with Gasteiger partial charge in [0.25, 0.3) is 28.5 Å². The van der Waals surface area contributed by atoms with Crippen molar-refractivity contribution in [1.82, 2.24) is 90.0 Å². The van der Waals surface area contributed by atoms with Gasteiger partial charge in [-0.25, -0.2) is 52.6 Å². The zero-order valence-corrected chi connectivity index (χ0v) is 48.1. The Labute approximate surface area is 511 Å². The summed E-state index contributed by atoms with van der Waals surface area (Å²) in [6.07, 6.45) is 5.67. The molecule has 0 saturated heterocycles. The highest BCUT2D eigenvalue weighted by Crippen LogP contribution is 2.24. The van der Waals surface area contributed by atoms with Crippen LogP contribution in [0.15, 0.2) is 161 Å². The Balaban J connectivity index is 0.000000124. The van der Waals surface area contributed by atoms with Gasteiger partial charge in [0, 0.05) is 61.6 Å². The number of nitrogens with zero attached hydrogens (tertiary/aromatic N) is 14. The van der Waals surface area contributed by atoms with Crippen molar-refractivity contribution in [2.45, 2.75) is 58.5 Å². The van der Waals surface area contributed by atoms with Crippen LogP contribution < -0.4 is 22.0 Å². The molecule has 15 rings (SSSR count). The number of rotatable bonds is 9. The van der Waals surface area contributed by atoms with E-state index in [0.717, 1.165) is 53.4 Å². The number of benzene rings is 6. The van der Waals surface area contributed by atoms with Crippen LogP contribution in [-0.4, -0.2) is 127 Å². The van der Waals surface area contributed by atoms with E-state index in [1.54, 1.807) is 98.3 Å². The van der Waals surface area contributed by atoms with E-state index in [0.29, 0.717) is 94.9 Å². The van der Waals surface area contributed by atoms with Crippen LogP contribution >= 0.6 is 0 Å². The number of aromatic amines is 3. The third kappa shape index (κ3) is 13.1. The molecule has 6 aromatic carbocycles. The molecule has 0 spiro atoms. The second-order valence-electron chi connectivity index (χ2n) is 21.3. The fraction of sp³-hybridized carbons (Fsp3) is 0.190. The molecule has 9 heterocycles. The third-order valence-corrected chi connectivity index (χ3v) is 15.5. The van der Waals surface area contributed by atoms with Crippen LogP contribution in [0.25, 0.3) is 32.3 Å². The molecule has 0 unspecified atom stereocenters. The molecule has 0 atom stereocenters. The van der Waals surface area contributed by atoms with Crippen LogP contribution in [0.1, 0.15) is 82.3 Å². The molecule has 3 aliphatic rings. The topological polar surface area (TPSA) is 319 Å². The van der Waals surface area contributed by atoms with Crippen molar-refractivity contribution < 1.29 is 32.7 Å². The fourth-order valence-corrected chi connectivity index (χ4v) is 10.9. The first-order valence-corrected chi connectivity index (χ1v) is 28.6. The lowest BCUT2D eigenvalue weighted by Gasteiger charge is -2.27. The summed E-state index contributed by atoms with van der Waals surface area (Å²) in [5, 5.41) is 51.5. The number of aromatic nitrogens is 15. The maximum absolute atomic E-state index is 14.5. The summed E-state index contributed by atoms with van der Waals surface area (Å²) >= 11 is 0. The number of aromatic carboxylic acids is 1. The molecular formula is C63H53F3N18O7. The minimum Gasteiger partial charge on any atom is -0.478 e. The summed E-state index contributed by atoms with van der Waals surface area (Å²) in [5.41, 5.74) is 2.78. The normalized spacial score (nSPS) is 13.2. The summed E-state index contributed by atoms with van der Waals surface area (Å²) in [4.78, 5) is 84.1. The van der Waals surface area contributed by atoms with E-state index in [1.807, 2.05) is 24.3 Å². The Morgan fingerprint density at radius 3 is 1.29 bits per heavy atom. The Bertz CT molecular complexity index is 4700. The fourth-order valence-electron chi connectivity index (χ4n) is 10.9. The molecular weight excluding hydrogens is 1180 g/mol. The zero-order chi connectivity index (χ0) is 63.1. The molecule has 458 valence electrons. The number of hydrogen-bond acceptors (Lipinski definition) is 16. The van der Waals surface area contributed by atoms with Gasteiger partial charge in [-0.1, -0.05) is 72.8 Å². The SMILES string of the molecule is O=C(O)c1cc(Cc2n[nH]c(=O)c3ccccc23)ccc1F.O=C(c1cc(Cc2n[nH]c(=O)c3ccccc23)ccc1F)N1CCn2ncnc2C1.O=C(c1cc(Cc2n[nH]c(=O)c3ccccc23)ccc1F)N1CCn2ncnc2C1.c1nnc2n1CCNC2. The molecule has 5 N–H and O–H groups in total. The molecule has 12 aromatic rings. The van der Waals surface area contributed by atoms with E-state index in [1.165, 1.54) is 36.9 Å². The Hall–Kier alpha value is -11.7. The van der Waals surface area contributed by atoms with Gasteiger partial charge in [0.1, 0.15) is 53.9 Å². The van der Waals surface area contributed by atoms with Gasteiger partial charge in [-0.2, -0.15) is 25.5 Å². The van der Waals surface area contributed by atoms with Crippen molar-refractivity contribution in [2.75, 3.05) is 19.6 Å². The molecule has 0 fully saturated rings. The average Bonchev–Trinajstić information content (AvgIpc) is 3.22. The van der Waals surface area contributed by atoms with Crippen LogP contribution in [0, 0.1) is 17.5 Å². The number of carboxylic acids is 1. The molecule has 6 aromatic heterocycles. The summed E-state index contributed by atoms with van der Waals surface area (Å²) in [6.45, 7) is 5.39. The van der Waals surface area contributed by atoms with Gasteiger partial charge in [0.15, 0.2) is 0 Å². The van der Waals surface area contributed by atoms with Crippen LogP contribution in [0.4, 0.5) is 13.2 Å². The molecule has 0 radical (unpaired) electrons. The monoisotopic (exact) mass is 1230 g/mol. The van der Waals surface area contributed by atoms with E-state index >= 15 is 0 Å². The smallest absolute Gasteiger partial charge is 0.338 e. The lowest BCUT2D eigenvalue weighted by molar-refractivity contribution is 0.0684. The Morgan fingerprint density at radius 2 is 0.879 bits per heavy atom. The number of carboxylic acid groups (broad SMARTS) is 1. The lowest BCUT2D eigenvalue weighted by atomic mass is 10.0. The second-order valence-corrected chi connectivity index (χ2v) is 21.3. The molecule has 91 heavy (non-hydrogen) atoms. The Kier molecular flexibility index (Phi) is 17.3. The number of fused-ring (bicyclic) bond motifs is 6. The van der Waals surface area contributed by atoms with Crippen molar-refractivity contribution in [3.63, 3.8) is 0 Å². The third-order valence-electron chi connectivity index (χ3n) is 15.5. The number of carbonyl (C=O) groups is 3. The maximum Gasteiger partial charge on any atom is 0.338 e. The Morgan fingerprint density at radius 1 is 0.484 bits per heavy atom. The average molecular weight is 1230 g/mol. The molecule has 3 aliphatic heterocycles. The van der Waals surface area contributed by atoms with Gasteiger partial charge in [-0.15, -0.1) is 10.2 Å². The zero-order valence-electron chi connectivity index (χ0n) is 48.1. The van der Waals surface area contributed by atoms with Crippen molar-refractivity contribution >= 4 is 50.1 Å². The van der Waals surface area contributed by atoms with Gasteiger partial charge >= 0.3 is 5.97 Å². The standard InChI is InChI=1S/2C21H17FN6O2.C16H11FN2O3.C5H8N4/c2*22-17-6-5-13(10-18-14-3-1-2-4-15(14)20(29)26-25-18)9-16(17)21(30)27-7-8-28-19(11-27)23-12-24-28;17-13-6-5-9(7-12(13)16(21)22)8-14-10-3-1-2-4-11(10)15(20)19-18-14;1-2-9-4-7-8-5(9)3-6-1/h2*1-6,9,12H,7-8,10-11H2,(H,26,29);1-7H,8H2,(H,19,20)(H,21,22);4,6H,1-3H2. The van der Waals surface area contributed by atoms with E-state index in [4.69, 9.17) is 5.11 Å². The highest BCUT2D eigenvalue weighted by Gasteiger charge is 2.28. The van der Waals surface area contributed by atoms with Gasteiger partial charge < -0.3 is 24.8 Å². The summed E-state index contributed by atoms with van der Waals surface area (Å²) in [7, 11) is 0. The maximum atomic E-state index is 14.5. The first-order chi connectivity index (χ1) is 44.2. The largest absolute Gasteiger partial charge is 0.478 e. The van der Waals surface area contributed by atoms with E-state index < -0.39 is 23.4 Å². The summed E-state index contributed by atoms with van der Waals surface area (Å²) < 4.78 is 48.0. The van der Waals surface area contributed by atoms with Crippen molar-refractivity contribution in [2.24, 2.45) is 0 Å². The van der Waals surface area contributed by atoms with Crippen LogP contribution in [0.5, 0.6) is 0 Å². The number of H-pyrrole nitrogens is 3. The van der Waals surface area contributed by atoms with Crippen molar-refractivity contribution in [3.05, 3.63) is 263 Å². The second kappa shape index (κ2) is 26.3. The molecule has 25 nitrogen and oxygen atoms in total. The lowest BCUT2D eigenvalue weighted by Crippen LogP contribution is -2.39. The van der Waals surface area contributed by atoms with Gasteiger partial charge in [-0.05, 0) is 71.3 Å². The van der Waals surface area contributed by atoms with E-state index in [9.17, 15) is 41.9 Å². The van der Waals surface area contributed by atoms with E-state index in [2.05, 4.69) is 70.8 Å². The first-order valence-electron chi connectivity index (χ1n) is 28.6. The number of carbonyl (C=O) groups excluding carboxylic acids is 2. The predicted octanol–water partition coefficient (Wildman–Crippen LogP) is 5.53. The molecule has 28 heteroatoms. The number of halogens is 3. The van der Waals surface area contributed by atoms with Crippen LogP contribution in [0.2, 0.25) is 0 Å². The predicted molar refractivity (Wildman–Crippen MR) is 323 cm³/mol. The number of amides is 2. The minimum absolute atomic E-state index is 0.00851. The number of nitrogens with one attached hydrogen (secondary N) is 4. The summed E-state index contributed by atoms with van der Waals surface area (Å²) in [5.74, 6) is -1.63. The van der Waals surface area contributed by atoms with Crippen LogP contribution in [-0.2, 0) is 58.5 Å². The quantitative estimate of drug-likeness (QED) is 0.119. The molecule has 0 aliphatic carbocycles. The van der Waals surface area contributed by atoms with E-state index in [-0.39, 0.29) is 64.7 Å². The highest BCUT2D eigenvalue weighted by atomic mass is 19.1.